The zero-order valence-corrected chi connectivity index (χ0v) is 20.5. The second-order valence-electron chi connectivity index (χ2n) is 8.66. The van der Waals surface area contributed by atoms with Gasteiger partial charge in [-0.1, -0.05) is 36.4 Å². The summed E-state index contributed by atoms with van der Waals surface area (Å²) >= 11 is 0. The van der Waals surface area contributed by atoms with Crippen LogP contribution in [0.3, 0.4) is 0 Å². The Morgan fingerprint density at radius 2 is 1.91 bits per heavy atom. The third-order valence-corrected chi connectivity index (χ3v) is 4.55. The number of methoxy groups -OCH3 is 1. The average Bonchev–Trinajstić information content (AvgIpc) is 2.79. The highest BCUT2D eigenvalue weighted by atomic mass is 16.6. The number of hydrogen-bond donors (Lipinski definition) is 3. The van der Waals surface area contributed by atoms with Crippen molar-refractivity contribution in [3.8, 4) is 11.5 Å². The van der Waals surface area contributed by atoms with Crippen molar-refractivity contribution < 1.29 is 28.9 Å². The predicted octanol–water partition coefficient (Wildman–Crippen LogP) is 3.69. The van der Waals surface area contributed by atoms with Crippen molar-refractivity contribution in [3.05, 3.63) is 71.8 Å². The van der Waals surface area contributed by atoms with Crippen molar-refractivity contribution in [2.24, 2.45) is 5.10 Å². The van der Waals surface area contributed by atoms with Crippen molar-refractivity contribution in [3.63, 3.8) is 0 Å². The average molecular weight is 484 g/mol. The van der Waals surface area contributed by atoms with Crippen molar-refractivity contribution in [1.29, 1.82) is 0 Å². The Bertz CT molecular complexity index is 1030. The third kappa shape index (κ3) is 9.50. The largest absolute Gasteiger partial charge is 0.504 e. The number of rotatable bonds is 11. The second kappa shape index (κ2) is 13.1. The highest BCUT2D eigenvalue weighted by Gasteiger charge is 2.24. The summed E-state index contributed by atoms with van der Waals surface area (Å²) in [6.45, 7) is 9.03. The van der Waals surface area contributed by atoms with Gasteiger partial charge in [0, 0.05) is 5.56 Å². The molecule has 0 radical (unpaired) electrons. The Hall–Kier alpha value is -3.85. The highest BCUT2D eigenvalue weighted by molar-refractivity contribution is 5.88. The van der Waals surface area contributed by atoms with Crippen LogP contribution >= 0.6 is 0 Å². The molecule has 0 aliphatic heterocycles. The van der Waals surface area contributed by atoms with Gasteiger partial charge < -0.3 is 24.6 Å². The fraction of sp³-hybridized carbons (Fsp3) is 0.346. The molecule has 9 heteroatoms. The first-order chi connectivity index (χ1) is 16.6. The molecule has 2 aromatic carbocycles. The molecular formula is C26H33N3O6. The topological polar surface area (TPSA) is 118 Å². The molecule has 0 aromatic heterocycles. The van der Waals surface area contributed by atoms with Gasteiger partial charge in [0.2, 0.25) is 0 Å². The van der Waals surface area contributed by atoms with E-state index in [1.54, 1.807) is 39.0 Å². The van der Waals surface area contributed by atoms with Crippen LogP contribution < -0.4 is 15.5 Å². The van der Waals surface area contributed by atoms with E-state index in [0.29, 0.717) is 17.5 Å². The number of nitrogens with zero attached hydrogens (tertiary/aromatic N) is 1. The first-order valence-corrected chi connectivity index (χ1v) is 11.1. The number of aromatic hydroxyl groups is 1. The monoisotopic (exact) mass is 483 g/mol. The lowest BCUT2D eigenvalue weighted by molar-refractivity contribution is -0.124. The zero-order valence-electron chi connectivity index (χ0n) is 20.5. The van der Waals surface area contributed by atoms with E-state index < -0.39 is 23.6 Å². The number of benzene rings is 2. The molecule has 0 bridgehead atoms. The Morgan fingerprint density at radius 1 is 1.20 bits per heavy atom. The van der Waals surface area contributed by atoms with E-state index in [1.807, 2.05) is 30.3 Å². The predicted molar refractivity (Wildman–Crippen MR) is 134 cm³/mol. The van der Waals surface area contributed by atoms with E-state index in [1.165, 1.54) is 13.3 Å². The summed E-state index contributed by atoms with van der Waals surface area (Å²) < 4.78 is 16.1. The molecule has 188 valence electrons. The van der Waals surface area contributed by atoms with Crippen molar-refractivity contribution in [2.75, 3.05) is 13.7 Å². The van der Waals surface area contributed by atoms with Gasteiger partial charge in [0.05, 0.1) is 26.5 Å². The normalized spacial score (nSPS) is 12.1. The number of hydrazone groups is 1. The number of carbonyl (C=O) groups is 2. The van der Waals surface area contributed by atoms with E-state index in [-0.39, 0.29) is 24.7 Å². The van der Waals surface area contributed by atoms with Gasteiger partial charge >= 0.3 is 6.09 Å². The van der Waals surface area contributed by atoms with Crippen LogP contribution in [0.15, 0.2) is 60.2 Å². The maximum Gasteiger partial charge on any atom is 0.408 e. The summed E-state index contributed by atoms with van der Waals surface area (Å²) in [5, 5.41) is 16.7. The Morgan fingerprint density at radius 3 is 2.54 bits per heavy atom. The first kappa shape index (κ1) is 27.4. The van der Waals surface area contributed by atoms with Crippen LogP contribution in [0, 0.1) is 0 Å². The molecular weight excluding hydrogens is 450 g/mol. The van der Waals surface area contributed by atoms with E-state index in [9.17, 15) is 14.7 Å². The summed E-state index contributed by atoms with van der Waals surface area (Å²) in [4.78, 5) is 25.0. The molecule has 3 N–H and O–H groups in total. The molecule has 2 aromatic rings. The van der Waals surface area contributed by atoms with Gasteiger partial charge in [0.25, 0.3) is 5.91 Å². The lowest BCUT2D eigenvalue weighted by atomic mass is 10.1. The van der Waals surface area contributed by atoms with E-state index in [2.05, 4.69) is 22.4 Å². The molecule has 0 spiro atoms. The van der Waals surface area contributed by atoms with Crippen LogP contribution in [0.4, 0.5) is 4.79 Å². The minimum atomic E-state index is -1.05. The number of nitrogens with one attached hydrogen (secondary N) is 2. The van der Waals surface area contributed by atoms with Crippen molar-refractivity contribution in [2.45, 2.75) is 45.4 Å². The number of phenols is 1. The fourth-order valence-corrected chi connectivity index (χ4v) is 2.98. The fourth-order valence-electron chi connectivity index (χ4n) is 2.98. The van der Waals surface area contributed by atoms with Gasteiger partial charge in [-0.25, -0.2) is 10.2 Å². The SMILES string of the molecule is C=CCc1cc(/C=N\NC(=O)[C@H](COCc2ccccc2)NC(=O)OC(C)(C)C)cc(OC)c1O. The number of phenolic OH excluding ortho intramolecular Hbond substituents is 1. The smallest absolute Gasteiger partial charge is 0.408 e. The minimum absolute atomic E-state index is 0.0192. The number of amides is 2. The molecule has 0 aliphatic rings. The summed E-state index contributed by atoms with van der Waals surface area (Å²) in [6.07, 6.45) is 2.74. The lowest BCUT2D eigenvalue weighted by Crippen LogP contribution is -2.49. The maximum absolute atomic E-state index is 12.8. The van der Waals surface area contributed by atoms with Gasteiger partial charge in [0.1, 0.15) is 11.6 Å². The molecule has 2 rings (SSSR count). The molecule has 0 fully saturated rings. The molecule has 0 unspecified atom stereocenters. The van der Waals surface area contributed by atoms with Gasteiger partial charge in [-0.3, -0.25) is 4.79 Å². The van der Waals surface area contributed by atoms with Crippen LogP contribution in [0.2, 0.25) is 0 Å². The second-order valence-corrected chi connectivity index (χ2v) is 8.66. The van der Waals surface area contributed by atoms with Crippen LogP contribution in [-0.2, 0) is 27.3 Å². The number of allylic oxidation sites excluding steroid dienone is 1. The van der Waals surface area contributed by atoms with Crippen LogP contribution in [-0.4, -0.2) is 48.7 Å². The molecule has 1 atom stereocenters. The highest BCUT2D eigenvalue weighted by Crippen LogP contribution is 2.31. The van der Waals surface area contributed by atoms with Crippen LogP contribution in [0.1, 0.15) is 37.5 Å². The van der Waals surface area contributed by atoms with Crippen LogP contribution in [0.5, 0.6) is 11.5 Å². The quantitative estimate of drug-likeness (QED) is 0.255. The Labute approximate surface area is 205 Å². The van der Waals surface area contributed by atoms with Gasteiger partial charge in [-0.05, 0) is 50.5 Å². The van der Waals surface area contributed by atoms with E-state index >= 15 is 0 Å². The van der Waals surface area contributed by atoms with E-state index in [4.69, 9.17) is 14.2 Å². The van der Waals surface area contributed by atoms with Crippen molar-refractivity contribution >= 4 is 18.2 Å². The molecule has 0 saturated carbocycles. The summed E-state index contributed by atoms with van der Waals surface area (Å²) in [5.41, 5.74) is 3.80. The lowest BCUT2D eigenvalue weighted by Gasteiger charge is -2.22. The van der Waals surface area contributed by atoms with Crippen molar-refractivity contribution in [1.82, 2.24) is 10.7 Å². The number of alkyl carbamates (subject to hydrolysis) is 1. The van der Waals surface area contributed by atoms with Gasteiger partial charge in [-0.15, -0.1) is 6.58 Å². The standard InChI is InChI=1S/C26H33N3O6/c1-6-10-20-13-19(14-22(33-5)23(20)30)15-27-29-24(31)21(28-25(32)35-26(2,3)4)17-34-16-18-11-8-7-9-12-18/h6-9,11-15,21,30H,1,10,16-17H2,2-5H3,(H,28,32)(H,29,31)/b27-15-/t21-/m0/s1. The summed E-state index contributed by atoms with van der Waals surface area (Å²) in [6, 6.07) is 11.7. The van der Waals surface area contributed by atoms with E-state index in [0.717, 1.165) is 5.56 Å². The Kier molecular flexibility index (Phi) is 10.3. The van der Waals surface area contributed by atoms with Gasteiger partial charge in [-0.2, -0.15) is 5.10 Å². The van der Waals surface area contributed by atoms with Gasteiger partial charge in [0.15, 0.2) is 11.5 Å². The zero-order chi connectivity index (χ0) is 25.8. The first-order valence-electron chi connectivity index (χ1n) is 11.1. The number of ether oxygens (including phenoxy) is 3. The molecule has 2 amide bonds. The number of carbonyl (C=O) groups excluding carboxylic acids is 2. The molecule has 0 heterocycles. The molecule has 35 heavy (non-hydrogen) atoms. The molecule has 0 saturated heterocycles. The minimum Gasteiger partial charge on any atom is -0.504 e. The number of hydrogen-bond acceptors (Lipinski definition) is 7. The van der Waals surface area contributed by atoms with Crippen LogP contribution in [0.25, 0.3) is 0 Å². The molecule has 0 aliphatic carbocycles. The summed E-state index contributed by atoms with van der Waals surface area (Å²) in [7, 11) is 1.44. The summed E-state index contributed by atoms with van der Waals surface area (Å²) in [5.74, 6) is -0.293. The molecule has 9 nitrogen and oxygen atoms in total. The Balaban J connectivity index is 2.08. The third-order valence-electron chi connectivity index (χ3n) is 4.55. The maximum atomic E-state index is 12.8.